The molecule has 2 aliphatic rings. The van der Waals surface area contributed by atoms with Crippen LogP contribution in [0.5, 0.6) is 0 Å². The van der Waals surface area contributed by atoms with E-state index in [9.17, 15) is 13.2 Å². The molecule has 1 atom stereocenters. The van der Waals surface area contributed by atoms with Gasteiger partial charge in [0.25, 0.3) is 0 Å². The quantitative estimate of drug-likeness (QED) is 0.297. The third kappa shape index (κ3) is 6.88. The number of benzene rings is 1. The molecule has 1 unspecified atom stereocenters. The molecule has 30 heavy (non-hydrogen) atoms. The largest absolute Gasteiger partial charge is 0.401 e. The van der Waals surface area contributed by atoms with Gasteiger partial charge in [-0.05, 0) is 49.4 Å². The molecule has 1 aromatic rings. The van der Waals surface area contributed by atoms with Gasteiger partial charge in [0.1, 0.15) is 0 Å². The zero-order valence-electron chi connectivity index (χ0n) is 17.5. The second-order valence-corrected chi connectivity index (χ2v) is 8.67. The molecule has 0 spiro atoms. The average molecular weight is 559 g/mol. The Morgan fingerprint density at radius 1 is 1.37 bits per heavy atom. The molecule has 3 rings (SSSR count). The number of hydrogen-bond donors (Lipinski definition) is 1. The van der Waals surface area contributed by atoms with E-state index in [0.717, 1.165) is 49.9 Å². The molecule has 4 nitrogen and oxygen atoms in total. The van der Waals surface area contributed by atoms with Crippen LogP contribution in [0.3, 0.4) is 0 Å². The highest BCUT2D eigenvalue weighted by Crippen LogP contribution is 2.48. The van der Waals surface area contributed by atoms with Crippen LogP contribution in [-0.2, 0) is 5.41 Å². The molecule has 1 N–H and O–H groups in total. The van der Waals surface area contributed by atoms with Crippen molar-refractivity contribution in [2.75, 3.05) is 46.3 Å². The van der Waals surface area contributed by atoms with Gasteiger partial charge < -0.3 is 10.2 Å². The summed E-state index contributed by atoms with van der Waals surface area (Å²) in [4.78, 5) is 8.07. The van der Waals surface area contributed by atoms with Crippen molar-refractivity contribution in [2.24, 2.45) is 10.9 Å². The van der Waals surface area contributed by atoms with Gasteiger partial charge in [0.2, 0.25) is 0 Å². The Morgan fingerprint density at radius 2 is 2.10 bits per heavy atom. The van der Waals surface area contributed by atoms with Crippen molar-refractivity contribution in [3.05, 3.63) is 34.9 Å². The molecular formula is C21H31ClF3IN4. The van der Waals surface area contributed by atoms with Gasteiger partial charge in [-0.1, -0.05) is 30.7 Å². The second-order valence-electron chi connectivity index (χ2n) is 8.24. The Labute approximate surface area is 199 Å². The van der Waals surface area contributed by atoms with E-state index in [1.807, 2.05) is 18.2 Å². The third-order valence-corrected chi connectivity index (χ3v) is 6.27. The van der Waals surface area contributed by atoms with E-state index >= 15 is 0 Å². The van der Waals surface area contributed by atoms with Crippen LogP contribution >= 0.6 is 35.6 Å². The van der Waals surface area contributed by atoms with E-state index in [4.69, 9.17) is 11.6 Å². The highest BCUT2D eigenvalue weighted by atomic mass is 127. The van der Waals surface area contributed by atoms with Crippen LogP contribution in [0.1, 0.15) is 31.7 Å². The number of likely N-dealkylation sites (tertiary alicyclic amines) is 1. The monoisotopic (exact) mass is 558 g/mol. The Balaban J connectivity index is 0.00000320. The lowest BCUT2D eigenvalue weighted by molar-refractivity contribution is -0.146. The first-order valence-electron chi connectivity index (χ1n) is 10.3. The van der Waals surface area contributed by atoms with Crippen LogP contribution in [-0.4, -0.2) is 68.3 Å². The maximum Gasteiger partial charge on any atom is 0.401 e. The lowest BCUT2D eigenvalue weighted by atomic mass is 9.96. The number of nitrogens with one attached hydrogen (secondary N) is 1. The van der Waals surface area contributed by atoms with Gasteiger partial charge in [-0.15, -0.1) is 24.0 Å². The van der Waals surface area contributed by atoms with Crippen molar-refractivity contribution < 1.29 is 13.2 Å². The SMILES string of the molecule is CCN(CC1CCN(C(=NC)NCC2(c3cccc(Cl)c3)CC2)C1)CC(F)(F)F.I. The number of hydrogen-bond acceptors (Lipinski definition) is 2. The number of halogens is 5. The van der Waals surface area contributed by atoms with Crippen molar-refractivity contribution in [1.82, 2.24) is 15.1 Å². The summed E-state index contributed by atoms with van der Waals surface area (Å²) in [6.07, 6.45) is -1.04. The maximum atomic E-state index is 12.7. The van der Waals surface area contributed by atoms with Gasteiger partial charge in [0.05, 0.1) is 6.54 Å². The van der Waals surface area contributed by atoms with Crippen LogP contribution in [0.4, 0.5) is 13.2 Å². The van der Waals surface area contributed by atoms with Gasteiger partial charge in [0, 0.05) is 43.7 Å². The zero-order chi connectivity index (χ0) is 21.1. The molecular weight excluding hydrogens is 528 g/mol. The minimum Gasteiger partial charge on any atom is -0.355 e. The minimum absolute atomic E-state index is 0. The fourth-order valence-electron chi connectivity index (χ4n) is 4.22. The standard InChI is InChI=1S/C21H30ClF3N4.HI/c1-3-28(15-21(23,24)25)12-16-7-10-29(13-16)19(26-2)27-14-20(8-9-20)17-5-4-6-18(22)11-17;/h4-6,11,16H,3,7-10,12-15H2,1-2H3,(H,26,27);1H. The summed E-state index contributed by atoms with van der Waals surface area (Å²) in [5, 5.41) is 4.25. The number of nitrogens with zero attached hydrogens (tertiary/aromatic N) is 3. The van der Waals surface area contributed by atoms with Crippen molar-refractivity contribution in [2.45, 2.75) is 37.8 Å². The van der Waals surface area contributed by atoms with Crippen LogP contribution < -0.4 is 5.32 Å². The summed E-state index contributed by atoms with van der Waals surface area (Å²) in [7, 11) is 1.76. The van der Waals surface area contributed by atoms with Crippen LogP contribution in [0.2, 0.25) is 5.02 Å². The fraction of sp³-hybridized carbons (Fsp3) is 0.667. The molecule has 9 heteroatoms. The molecule has 2 fully saturated rings. The molecule has 0 aromatic heterocycles. The van der Waals surface area contributed by atoms with Crippen LogP contribution in [0, 0.1) is 5.92 Å². The topological polar surface area (TPSA) is 30.9 Å². The molecule has 0 bridgehead atoms. The van der Waals surface area contributed by atoms with Crippen molar-refractivity contribution in [3.63, 3.8) is 0 Å². The van der Waals surface area contributed by atoms with Gasteiger partial charge >= 0.3 is 6.18 Å². The van der Waals surface area contributed by atoms with E-state index in [1.165, 1.54) is 10.5 Å². The van der Waals surface area contributed by atoms with Gasteiger partial charge in [-0.2, -0.15) is 13.2 Å². The predicted octanol–water partition coefficient (Wildman–Crippen LogP) is 4.77. The smallest absolute Gasteiger partial charge is 0.355 e. The molecule has 1 saturated carbocycles. The molecule has 0 amide bonds. The number of guanidine groups is 1. The highest BCUT2D eigenvalue weighted by Gasteiger charge is 2.44. The molecule has 1 aromatic carbocycles. The van der Waals surface area contributed by atoms with Crippen molar-refractivity contribution in [3.8, 4) is 0 Å². The summed E-state index contributed by atoms with van der Waals surface area (Å²) in [5.74, 6) is 1.05. The summed E-state index contributed by atoms with van der Waals surface area (Å²) in [6, 6.07) is 8.02. The zero-order valence-corrected chi connectivity index (χ0v) is 20.6. The number of aliphatic imine (C=N–C) groups is 1. The predicted molar refractivity (Wildman–Crippen MR) is 127 cm³/mol. The highest BCUT2D eigenvalue weighted by molar-refractivity contribution is 14.0. The average Bonchev–Trinajstić information content (AvgIpc) is 3.32. The van der Waals surface area contributed by atoms with E-state index in [0.29, 0.717) is 13.1 Å². The fourth-order valence-corrected chi connectivity index (χ4v) is 4.41. The van der Waals surface area contributed by atoms with Gasteiger partial charge in [-0.25, -0.2) is 0 Å². The lowest BCUT2D eigenvalue weighted by Crippen LogP contribution is -2.44. The molecule has 0 radical (unpaired) electrons. The normalized spacial score (nSPS) is 21.0. The Morgan fingerprint density at radius 3 is 2.67 bits per heavy atom. The Bertz CT molecular complexity index is 724. The summed E-state index contributed by atoms with van der Waals surface area (Å²) in [5.41, 5.74) is 1.35. The number of rotatable bonds is 7. The maximum absolute atomic E-state index is 12.7. The first-order chi connectivity index (χ1) is 13.7. The van der Waals surface area contributed by atoms with E-state index < -0.39 is 12.7 Å². The molecule has 1 aliphatic carbocycles. The van der Waals surface area contributed by atoms with E-state index in [1.54, 1.807) is 14.0 Å². The van der Waals surface area contributed by atoms with E-state index in [-0.39, 0.29) is 35.3 Å². The van der Waals surface area contributed by atoms with Crippen molar-refractivity contribution >= 4 is 41.5 Å². The first-order valence-corrected chi connectivity index (χ1v) is 10.6. The van der Waals surface area contributed by atoms with Gasteiger partial charge in [-0.3, -0.25) is 9.89 Å². The number of alkyl halides is 3. The Kier molecular flexibility index (Phi) is 9.12. The van der Waals surface area contributed by atoms with Gasteiger partial charge in [0.15, 0.2) is 5.96 Å². The van der Waals surface area contributed by atoms with E-state index in [2.05, 4.69) is 21.3 Å². The summed E-state index contributed by atoms with van der Waals surface area (Å²) >= 11 is 6.16. The Hall–Kier alpha value is -0.740. The summed E-state index contributed by atoms with van der Waals surface area (Å²) < 4.78 is 38.2. The van der Waals surface area contributed by atoms with Crippen molar-refractivity contribution in [1.29, 1.82) is 0 Å². The summed E-state index contributed by atoms with van der Waals surface area (Å²) in [6.45, 7) is 4.16. The molecule has 1 heterocycles. The molecule has 170 valence electrons. The molecule has 1 saturated heterocycles. The minimum atomic E-state index is -4.15. The first kappa shape index (κ1) is 25.5. The lowest BCUT2D eigenvalue weighted by Gasteiger charge is -2.27. The van der Waals surface area contributed by atoms with Crippen LogP contribution in [0.25, 0.3) is 0 Å². The molecule has 1 aliphatic heterocycles. The second kappa shape index (κ2) is 10.7. The van der Waals surface area contributed by atoms with Crippen LogP contribution in [0.15, 0.2) is 29.3 Å². The third-order valence-electron chi connectivity index (χ3n) is 6.04.